The number of ether oxygens (including phenoxy) is 5. The first-order valence-corrected chi connectivity index (χ1v) is 9.81. The molecule has 9 nitrogen and oxygen atoms in total. The zero-order chi connectivity index (χ0) is 23.5. The van der Waals surface area contributed by atoms with Gasteiger partial charge in [0.05, 0.1) is 50.8 Å². The maximum absolute atomic E-state index is 10.8. The van der Waals surface area contributed by atoms with Crippen molar-refractivity contribution in [3.05, 3.63) is 25.3 Å². The molecule has 0 aromatic heterocycles. The highest BCUT2D eigenvalue weighted by molar-refractivity contribution is 5.81. The van der Waals surface area contributed by atoms with Gasteiger partial charge in [-0.3, -0.25) is 0 Å². The van der Waals surface area contributed by atoms with Crippen LogP contribution in [-0.2, 0) is 33.3 Å². The van der Waals surface area contributed by atoms with E-state index in [0.717, 1.165) is 12.2 Å². The summed E-state index contributed by atoms with van der Waals surface area (Å²) in [5.74, 6) is -0.988. The van der Waals surface area contributed by atoms with Crippen molar-refractivity contribution in [1.82, 2.24) is 0 Å². The van der Waals surface area contributed by atoms with Gasteiger partial charge in [-0.15, -0.1) is 0 Å². The number of hydrogen-bond donors (Lipinski definition) is 2. The van der Waals surface area contributed by atoms with Gasteiger partial charge >= 0.3 is 11.9 Å². The van der Waals surface area contributed by atoms with Crippen molar-refractivity contribution in [3.63, 3.8) is 0 Å². The summed E-state index contributed by atoms with van der Waals surface area (Å²) in [6.07, 6.45) is 0.869. The number of hydrogen-bond acceptors (Lipinski definition) is 9. The molecule has 2 N–H and O–H groups in total. The molecule has 5 unspecified atom stereocenters. The van der Waals surface area contributed by atoms with Crippen molar-refractivity contribution in [1.29, 1.82) is 0 Å². The molecule has 0 rings (SSSR count). The Morgan fingerprint density at radius 1 is 0.767 bits per heavy atom. The lowest BCUT2D eigenvalue weighted by Crippen LogP contribution is -2.25. The second-order valence-electron chi connectivity index (χ2n) is 6.75. The molecule has 0 fully saturated rings. The van der Waals surface area contributed by atoms with E-state index in [1.165, 1.54) is 0 Å². The summed E-state index contributed by atoms with van der Waals surface area (Å²) in [6, 6.07) is 0. The monoisotopic (exact) mass is 434 g/mol. The highest BCUT2D eigenvalue weighted by Gasteiger charge is 2.11. The molecule has 0 aromatic carbocycles. The SMILES string of the molecule is C=CC(=O)OCC(C)OCC(C)OC(=O)C=C.CC(O)COC(C)COC(C)CO. The maximum Gasteiger partial charge on any atom is 0.330 e. The Balaban J connectivity index is 0. The lowest BCUT2D eigenvalue weighted by molar-refractivity contribution is -0.148. The van der Waals surface area contributed by atoms with Crippen molar-refractivity contribution in [2.45, 2.75) is 65.1 Å². The van der Waals surface area contributed by atoms with Crippen molar-refractivity contribution in [2.24, 2.45) is 0 Å². The third-order valence-electron chi connectivity index (χ3n) is 3.22. The van der Waals surface area contributed by atoms with E-state index in [2.05, 4.69) is 13.2 Å². The Kier molecular flexibility index (Phi) is 19.5. The molecule has 0 heterocycles. The molecule has 30 heavy (non-hydrogen) atoms. The molecule has 9 heteroatoms. The minimum absolute atomic E-state index is 0.0170. The summed E-state index contributed by atoms with van der Waals surface area (Å²) in [6.45, 7) is 16.5. The topological polar surface area (TPSA) is 121 Å². The Labute approximate surface area is 179 Å². The van der Waals surface area contributed by atoms with E-state index < -0.39 is 18.0 Å². The molecule has 5 atom stereocenters. The van der Waals surface area contributed by atoms with Crippen LogP contribution >= 0.6 is 0 Å². The molecule has 176 valence electrons. The van der Waals surface area contributed by atoms with Crippen LogP contribution in [0.25, 0.3) is 0 Å². The summed E-state index contributed by atoms with van der Waals surface area (Å²) < 4.78 is 25.5. The quantitative estimate of drug-likeness (QED) is 0.291. The van der Waals surface area contributed by atoms with Crippen molar-refractivity contribution in [3.8, 4) is 0 Å². The number of aliphatic hydroxyl groups is 2. The summed E-state index contributed by atoms with van der Waals surface area (Å²) >= 11 is 0. The molecule has 0 aliphatic heterocycles. The first-order chi connectivity index (χ1) is 14.0. The fourth-order valence-corrected chi connectivity index (χ4v) is 1.59. The molecule has 0 aliphatic carbocycles. The van der Waals surface area contributed by atoms with E-state index in [9.17, 15) is 9.59 Å². The minimum Gasteiger partial charge on any atom is -0.460 e. The summed E-state index contributed by atoms with van der Waals surface area (Å²) in [5, 5.41) is 17.6. The van der Waals surface area contributed by atoms with E-state index in [-0.39, 0.29) is 44.2 Å². The van der Waals surface area contributed by atoms with Gasteiger partial charge in [-0.25, -0.2) is 9.59 Å². The molecule has 0 radical (unpaired) electrons. The van der Waals surface area contributed by atoms with E-state index in [4.69, 9.17) is 33.9 Å². The average Bonchev–Trinajstić information content (AvgIpc) is 2.72. The summed E-state index contributed by atoms with van der Waals surface area (Å²) in [7, 11) is 0. The number of rotatable bonds is 15. The summed E-state index contributed by atoms with van der Waals surface area (Å²) in [5.41, 5.74) is 0. The van der Waals surface area contributed by atoms with Crippen LogP contribution in [0.2, 0.25) is 0 Å². The van der Waals surface area contributed by atoms with E-state index in [1.54, 1.807) is 27.7 Å². The third-order valence-corrected chi connectivity index (χ3v) is 3.22. The second-order valence-corrected chi connectivity index (χ2v) is 6.75. The van der Waals surface area contributed by atoms with Gasteiger partial charge in [-0.2, -0.15) is 0 Å². The van der Waals surface area contributed by atoms with Gasteiger partial charge in [0.2, 0.25) is 0 Å². The molecule has 0 bridgehead atoms. The first kappa shape index (κ1) is 30.4. The van der Waals surface area contributed by atoms with Crippen LogP contribution in [0.1, 0.15) is 34.6 Å². The van der Waals surface area contributed by atoms with Crippen LogP contribution in [0.3, 0.4) is 0 Å². The van der Waals surface area contributed by atoms with Gasteiger partial charge in [0.1, 0.15) is 12.7 Å². The molecule has 0 saturated heterocycles. The van der Waals surface area contributed by atoms with Crippen LogP contribution < -0.4 is 0 Å². The van der Waals surface area contributed by atoms with Crippen LogP contribution in [0, 0.1) is 0 Å². The Hall–Kier alpha value is -1.78. The van der Waals surface area contributed by atoms with Gasteiger partial charge in [0, 0.05) is 12.2 Å². The molecular formula is C21H38O9. The van der Waals surface area contributed by atoms with Crippen LogP contribution in [0.5, 0.6) is 0 Å². The second kappa shape index (κ2) is 19.2. The fraction of sp³-hybridized carbons (Fsp3) is 0.714. The normalized spacial score (nSPS) is 15.4. The third kappa shape index (κ3) is 20.9. The Bertz CT molecular complexity index is 479. The first-order valence-electron chi connectivity index (χ1n) is 9.81. The predicted octanol–water partition coefficient (Wildman–Crippen LogP) is 1.41. The molecular weight excluding hydrogens is 396 g/mol. The van der Waals surface area contributed by atoms with Crippen molar-refractivity contribution in [2.75, 3.05) is 33.0 Å². The molecule has 0 spiro atoms. The van der Waals surface area contributed by atoms with Gasteiger partial charge in [0.15, 0.2) is 0 Å². The number of carbonyl (C=O) groups is 2. The minimum atomic E-state index is -0.494. The largest absolute Gasteiger partial charge is 0.460 e. The highest BCUT2D eigenvalue weighted by Crippen LogP contribution is 1.99. The van der Waals surface area contributed by atoms with Crippen LogP contribution in [-0.4, -0.2) is 85.7 Å². The molecule has 0 saturated carbocycles. The van der Waals surface area contributed by atoms with Gasteiger partial charge in [-0.05, 0) is 34.6 Å². The van der Waals surface area contributed by atoms with E-state index in [1.807, 2.05) is 6.92 Å². The van der Waals surface area contributed by atoms with Gasteiger partial charge in [-0.1, -0.05) is 13.2 Å². The van der Waals surface area contributed by atoms with Crippen molar-refractivity contribution >= 4 is 11.9 Å². The van der Waals surface area contributed by atoms with Crippen LogP contribution in [0.15, 0.2) is 25.3 Å². The zero-order valence-electron chi connectivity index (χ0n) is 18.7. The summed E-state index contributed by atoms with van der Waals surface area (Å²) in [4.78, 5) is 21.6. The zero-order valence-corrected chi connectivity index (χ0v) is 18.7. The lowest BCUT2D eigenvalue weighted by atomic mass is 10.4. The number of aliphatic hydroxyl groups excluding tert-OH is 2. The Morgan fingerprint density at radius 3 is 1.73 bits per heavy atom. The predicted molar refractivity (Wildman–Crippen MR) is 112 cm³/mol. The van der Waals surface area contributed by atoms with E-state index in [0.29, 0.717) is 13.2 Å². The average molecular weight is 435 g/mol. The van der Waals surface area contributed by atoms with Crippen molar-refractivity contribution < 1.29 is 43.5 Å². The number of esters is 2. The standard InChI is InChI=1S/C12H18O5.C9H20O4/c1-5-11(13)16-7-9(3)15-8-10(4)17-12(14)6-2;1-7(11)5-12-9(3)6-13-8(2)4-10/h5-6,9-10H,1-2,7-8H2,3-4H3;7-11H,4-6H2,1-3H3. The lowest BCUT2D eigenvalue weighted by Gasteiger charge is -2.16. The van der Waals surface area contributed by atoms with Gasteiger partial charge in [0.25, 0.3) is 0 Å². The number of carbonyl (C=O) groups excluding carboxylic acids is 2. The van der Waals surface area contributed by atoms with Gasteiger partial charge < -0.3 is 33.9 Å². The molecule has 0 aromatic rings. The fourth-order valence-electron chi connectivity index (χ4n) is 1.59. The van der Waals surface area contributed by atoms with E-state index >= 15 is 0 Å². The smallest absolute Gasteiger partial charge is 0.330 e. The molecule has 0 aliphatic rings. The highest BCUT2D eigenvalue weighted by atomic mass is 16.6. The van der Waals surface area contributed by atoms with Crippen LogP contribution in [0.4, 0.5) is 0 Å². The molecule has 0 amide bonds. The maximum atomic E-state index is 10.8. The Morgan fingerprint density at radius 2 is 1.23 bits per heavy atom.